The van der Waals surface area contributed by atoms with Crippen molar-refractivity contribution in [1.82, 2.24) is 4.57 Å². The van der Waals surface area contributed by atoms with Crippen LogP contribution in [0, 0.1) is 0 Å². The van der Waals surface area contributed by atoms with E-state index in [0.29, 0.717) is 0 Å². The SMILES string of the molecule is Brc1cccn1C1CC1. The van der Waals surface area contributed by atoms with Crippen molar-refractivity contribution in [3.05, 3.63) is 22.9 Å². The highest BCUT2D eigenvalue weighted by Crippen LogP contribution is 2.37. The van der Waals surface area contributed by atoms with Crippen LogP contribution in [0.4, 0.5) is 0 Å². The lowest BCUT2D eigenvalue weighted by atomic mass is 10.7. The summed E-state index contributed by atoms with van der Waals surface area (Å²) < 4.78 is 3.49. The molecule has 0 bridgehead atoms. The molecule has 0 radical (unpaired) electrons. The predicted molar refractivity (Wildman–Crippen MR) is 40.4 cm³/mol. The van der Waals surface area contributed by atoms with Crippen LogP contribution in [0.2, 0.25) is 0 Å². The summed E-state index contributed by atoms with van der Waals surface area (Å²) in [5.74, 6) is 0. The van der Waals surface area contributed by atoms with E-state index < -0.39 is 0 Å². The van der Waals surface area contributed by atoms with Crippen LogP contribution >= 0.6 is 15.9 Å². The van der Waals surface area contributed by atoms with Gasteiger partial charge in [-0.05, 0) is 40.9 Å². The molecule has 2 heteroatoms. The first-order chi connectivity index (χ1) is 4.38. The number of nitrogens with zero attached hydrogens (tertiary/aromatic N) is 1. The zero-order valence-corrected chi connectivity index (χ0v) is 6.63. The molecule has 1 aliphatic rings. The lowest BCUT2D eigenvalue weighted by Gasteiger charge is -1.98. The van der Waals surface area contributed by atoms with Crippen LogP contribution < -0.4 is 0 Å². The van der Waals surface area contributed by atoms with Gasteiger partial charge in [0.1, 0.15) is 0 Å². The Morgan fingerprint density at radius 2 is 2.33 bits per heavy atom. The first-order valence-electron chi connectivity index (χ1n) is 3.20. The summed E-state index contributed by atoms with van der Waals surface area (Å²) in [5, 5.41) is 0. The molecule has 0 unspecified atom stereocenters. The van der Waals surface area contributed by atoms with Crippen LogP contribution in [0.1, 0.15) is 18.9 Å². The average Bonchev–Trinajstić information content (AvgIpc) is 2.58. The second-order valence-corrected chi connectivity index (χ2v) is 3.28. The van der Waals surface area contributed by atoms with Gasteiger partial charge in [0.2, 0.25) is 0 Å². The number of halogens is 1. The standard InChI is InChI=1S/C7H8BrN/c8-7-2-1-5-9(7)6-3-4-6/h1-2,5-6H,3-4H2. The molecule has 1 fully saturated rings. The maximum atomic E-state index is 3.47. The zero-order valence-electron chi connectivity index (χ0n) is 5.05. The highest BCUT2D eigenvalue weighted by Gasteiger charge is 2.23. The molecule has 1 aromatic heterocycles. The van der Waals surface area contributed by atoms with E-state index in [2.05, 4.69) is 38.8 Å². The van der Waals surface area contributed by atoms with Crippen molar-refractivity contribution in [3.8, 4) is 0 Å². The van der Waals surface area contributed by atoms with Gasteiger partial charge in [-0.1, -0.05) is 0 Å². The molecule has 9 heavy (non-hydrogen) atoms. The lowest BCUT2D eigenvalue weighted by molar-refractivity contribution is 0.731. The summed E-state index contributed by atoms with van der Waals surface area (Å²) >= 11 is 3.47. The normalized spacial score (nSPS) is 18.3. The Hall–Kier alpha value is -0.240. The van der Waals surface area contributed by atoms with Crippen LogP contribution in [0.5, 0.6) is 0 Å². The Bertz CT molecular complexity index is 212. The van der Waals surface area contributed by atoms with Crippen LogP contribution in [-0.2, 0) is 0 Å². The Kier molecular flexibility index (Phi) is 1.15. The van der Waals surface area contributed by atoms with E-state index in [1.54, 1.807) is 0 Å². The number of rotatable bonds is 1. The monoisotopic (exact) mass is 185 g/mol. The Morgan fingerprint density at radius 1 is 1.56 bits per heavy atom. The van der Waals surface area contributed by atoms with Gasteiger partial charge in [0.05, 0.1) is 4.60 Å². The average molecular weight is 186 g/mol. The van der Waals surface area contributed by atoms with Gasteiger partial charge >= 0.3 is 0 Å². The van der Waals surface area contributed by atoms with Gasteiger partial charge in [-0.2, -0.15) is 0 Å². The molecule has 0 amide bonds. The molecule has 2 rings (SSSR count). The summed E-state index contributed by atoms with van der Waals surface area (Å²) in [5.41, 5.74) is 0. The van der Waals surface area contributed by atoms with Crippen molar-refractivity contribution in [2.75, 3.05) is 0 Å². The smallest absolute Gasteiger partial charge is 0.0848 e. The highest BCUT2D eigenvalue weighted by atomic mass is 79.9. The molecule has 0 N–H and O–H groups in total. The molecule has 1 nitrogen and oxygen atoms in total. The van der Waals surface area contributed by atoms with Gasteiger partial charge in [-0.25, -0.2) is 0 Å². The van der Waals surface area contributed by atoms with Crippen molar-refractivity contribution >= 4 is 15.9 Å². The van der Waals surface area contributed by atoms with E-state index in [0.717, 1.165) is 6.04 Å². The third kappa shape index (κ3) is 0.917. The van der Waals surface area contributed by atoms with Gasteiger partial charge in [0.25, 0.3) is 0 Å². The van der Waals surface area contributed by atoms with Crippen molar-refractivity contribution in [1.29, 1.82) is 0 Å². The van der Waals surface area contributed by atoms with E-state index in [1.807, 2.05) is 0 Å². The fourth-order valence-corrected chi connectivity index (χ4v) is 1.58. The zero-order chi connectivity index (χ0) is 6.27. The highest BCUT2D eigenvalue weighted by molar-refractivity contribution is 9.10. The van der Waals surface area contributed by atoms with Gasteiger partial charge in [-0.15, -0.1) is 0 Å². The molecule has 48 valence electrons. The Labute approximate surface area is 62.8 Å². The number of hydrogen-bond donors (Lipinski definition) is 0. The molecule has 1 aliphatic carbocycles. The molecular formula is C7H8BrN. The first kappa shape index (κ1) is 5.54. The summed E-state index contributed by atoms with van der Waals surface area (Å²) in [4.78, 5) is 0. The molecule has 1 saturated carbocycles. The minimum Gasteiger partial charge on any atom is -0.339 e. The van der Waals surface area contributed by atoms with E-state index in [1.165, 1.54) is 17.4 Å². The van der Waals surface area contributed by atoms with Gasteiger partial charge < -0.3 is 4.57 Å². The molecule has 1 heterocycles. The third-order valence-electron chi connectivity index (χ3n) is 1.67. The summed E-state index contributed by atoms with van der Waals surface area (Å²) in [6.07, 6.45) is 4.84. The minimum atomic E-state index is 0.800. The second kappa shape index (κ2) is 1.87. The van der Waals surface area contributed by atoms with E-state index >= 15 is 0 Å². The van der Waals surface area contributed by atoms with Gasteiger partial charge in [0, 0.05) is 12.2 Å². The minimum absolute atomic E-state index is 0.800. The molecular weight excluding hydrogens is 178 g/mol. The maximum absolute atomic E-state index is 3.47. The molecule has 0 aliphatic heterocycles. The predicted octanol–water partition coefficient (Wildman–Crippen LogP) is 2.59. The van der Waals surface area contributed by atoms with Gasteiger partial charge in [0.15, 0.2) is 0 Å². The van der Waals surface area contributed by atoms with E-state index in [4.69, 9.17) is 0 Å². The summed E-state index contributed by atoms with van der Waals surface area (Å²) in [6.45, 7) is 0. The Morgan fingerprint density at radius 3 is 2.78 bits per heavy atom. The molecule has 0 saturated heterocycles. The molecule has 0 atom stereocenters. The quantitative estimate of drug-likeness (QED) is 0.635. The topological polar surface area (TPSA) is 4.93 Å². The van der Waals surface area contributed by atoms with Crippen LogP contribution in [0.25, 0.3) is 0 Å². The van der Waals surface area contributed by atoms with Crippen molar-refractivity contribution < 1.29 is 0 Å². The molecule has 1 aromatic rings. The summed E-state index contributed by atoms with van der Waals surface area (Å²) in [6, 6.07) is 4.95. The fraction of sp³-hybridized carbons (Fsp3) is 0.429. The lowest BCUT2D eigenvalue weighted by Crippen LogP contribution is -1.89. The molecule has 0 spiro atoms. The van der Waals surface area contributed by atoms with Crippen molar-refractivity contribution in [3.63, 3.8) is 0 Å². The van der Waals surface area contributed by atoms with Crippen LogP contribution in [-0.4, -0.2) is 4.57 Å². The number of hydrogen-bond acceptors (Lipinski definition) is 0. The molecule has 0 aromatic carbocycles. The fourth-order valence-electron chi connectivity index (χ4n) is 1.02. The van der Waals surface area contributed by atoms with Gasteiger partial charge in [-0.3, -0.25) is 0 Å². The number of aromatic nitrogens is 1. The van der Waals surface area contributed by atoms with Crippen molar-refractivity contribution in [2.45, 2.75) is 18.9 Å². The van der Waals surface area contributed by atoms with E-state index in [-0.39, 0.29) is 0 Å². The second-order valence-electron chi connectivity index (χ2n) is 2.47. The Balaban J connectivity index is 2.35. The van der Waals surface area contributed by atoms with E-state index in [9.17, 15) is 0 Å². The third-order valence-corrected chi connectivity index (χ3v) is 2.34. The maximum Gasteiger partial charge on any atom is 0.0848 e. The summed E-state index contributed by atoms with van der Waals surface area (Å²) in [7, 11) is 0. The van der Waals surface area contributed by atoms with Crippen molar-refractivity contribution in [2.24, 2.45) is 0 Å². The largest absolute Gasteiger partial charge is 0.339 e. The first-order valence-corrected chi connectivity index (χ1v) is 3.99. The van der Waals surface area contributed by atoms with Crippen LogP contribution in [0.15, 0.2) is 22.9 Å². The van der Waals surface area contributed by atoms with Crippen LogP contribution in [0.3, 0.4) is 0 Å².